The lowest BCUT2D eigenvalue weighted by atomic mass is 10.1. The summed E-state index contributed by atoms with van der Waals surface area (Å²) in [5.41, 5.74) is 1.58. The Morgan fingerprint density at radius 1 is 1.03 bits per heavy atom. The van der Waals surface area contributed by atoms with E-state index in [4.69, 9.17) is 16.7 Å². The Labute approximate surface area is 197 Å². The van der Waals surface area contributed by atoms with Gasteiger partial charge in [0.1, 0.15) is 12.2 Å². The van der Waals surface area contributed by atoms with Crippen LogP contribution in [0.4, 0.5) is 10.5 Å². The molecule has 2 aromatic carbocycles. The number of rotatable bonds is 6. The van der Waals surface area contributed by atoms with Gasteiger partial charge in [-0.1, -0.05) is 23.7 Å². The first-order valence-electron chi connectivity index (χ1n) is 9.64. The zero-order valence-corrected chi connectivity index (χ0v) is 18.4. The molecule has 0 bridgehead atoms. The molecule has 1 aromatic heterocycles. The van der Waals surface area contributed by atoms with Crippen molar-refractivity contribution in [3.8, 4) is 10.4 Å². The van der Waals surface area contributed by atoms with Gasteiger partial charge in [0.15, 0.2) is 0 Å². The molecular weight excluding hydrogens is 466 g/mol. The predicted molar refractivity (Wildman–Crippen MR) is 125 cm³/mol. The van der Waals surface area contributed by atoms with Crippen LogP contribution in [0.25, 0.3) is 16.5 Å². The summed E-state index contributed by atoms with van der Waals surface area (Å²) in [4.78, 5) is 50.6. The molecule has 0 spiro atoms. The number of nitrogens with zero attached hydrogens (tertiary/aromatic N) is 1. The van der Waals surface area contributed by atoms with Crippen LogP contribution in [-0.4, -0.2) is 40.4 Å². The molecule has 2 heterocycles. The summed E-state index contributed by atoms with van der Waals surface area (Å²) in [6.07, 6.45) is 1.54. The normalized spacial score (nSPS) is 14.5. The lowest BCUT2D eigenvalue weighted by Gasteiger charge is -2.11. The standard InChI is InChI=1S/C23H16ClN3O5S/c24-15-5-7-16(8-6-15)25-20(28)12-27-21(29)18(26-23(27)32)11-17-9-10-19(33-17)13-1-3-14(4-2-13)22(30)31/h1-11H,12H2,(H,25,28)(H,26,32)(H,30,31)/b18-11-. The monoisotopic (exact) mass is 481 g/mol. The Morgan fingerprint density at radius 3 is 2.39 bits per heavy atom. The van der Waals surface area contributed by atoms with Crippen LogP contribution in [0.1, 0.15) is 15.2 Å². The van der Waals surface area contributed by atoms with Crippen molar-refractivity contribution in [2.45, 2.75) is 0 Å². The molecule has 10 heteroatoms. The number of nitrogens with one attached hydrogen (secondary N) is 2. The van der Waals surface area contributed by atoms with E-state index in [1.165, 1.54) is 29.5 Å². The van der Waals surface area contributed by atoms with Crippen molar-refractivity contribution in [1.29, 1.82) is 0 Å². The zero-order valence-electron chi connectivity index (χ0n) is 16.9. The van der Waals surface area contributed by atoms with Crippen molar-refractivity contribution in [2.24, 2.45) is 0 Å². The summed E-state index contributed by atoms with van der Waals surface area (Å²) in [5.74, 6) is -2.13. The number of thiophene rings is 1. The highest BCUT2D eigenvalue weighted by atomic mass is 35.5. The number of carboxylic acids is 1. The second-order valence-corrected chi connectivity index (χ2v) is 8.57. The van der Waals surface area contributed by atoms with E-state index < -0.39 is 30.4 Å². The van der Waals surface area contributed by atoms with Gasteiger partial charge in [-0.25, -0.2) is 14.5 Å². The van der Waals surface area contributed by atoms with Gasteiger partial charge in [-0.2, -0.15) is 0 Å². The Hall–Kier alpha value is -3.95. The number of carbonyl (C=O) groups excluding carboxylic acids is 3. The number of benzene rings is 2. The van der Waals surface area contributed by atoms with Crippen molar-refractivity contribution < 1.29 is 24.3 Å². The fourth-order valence-electron chi connectivity index (χ4n) is 3.10. The third-order valence-corrected chi connectivity index (χ3v) is 6.06. The highest BCUT2D eigenvalue weighted by Crippen LogP contribution is 2.30. The first-order chi connectivity index (χ1) is 15.8. The van der Waals surface area contributed by atoms with E-state index in [0.29, 0.717) is 15.6 Å². The van der Waals surface area contributed by atoms with Crippen LogP contribution in [-0.2, 0) is 9.59 Å². The molecule has 1 fully saturated rings. The third-order valence-electron chi connectivity index (χ3n) is 4.72. The zero-order chi connectivity index (χ0) is 23.5. The van der Waals surface area contributed by atoms with Crippen LogP contribution in [0.2, 0.25) is 5.02 Å². The summed E-state index contributed by atoms with van der Waals surface area (Å²) < 4.78 is 0. The van der Waals surface area contributed by atoms with Crippen molar-refractivity contribution in [3.63, 3.8) is 0 Å². The van der Waals surface area contributed by atoms with E-state index in [1.54, 1.807) is 42.5 Å². The number of halogens is 1. The maximum Gasteiger partial charge on any atom is 0.335 e. The minimum absolute atomic E-state index is 0.0638. The van der Waals surface area contributed by atoms with E-state index in [2.05, 4.69) is 10.6 Å². The number of hydrogen-bond donors (Lipinski definition) is 3. The third kappa shape index (κ3) is 5.11. The lowest BCUT2D eigenvalue weighted by Crippen LogP contribution is -2.38. The van der Waals surface area contributed by atoms with Crippen LogP contribution in [0, 0.1) is 0 Å². The second kappa shape index (κ2) is 9.27. The van der Waals surface area contributed by atoms with Gasteiger partial charge >= 0.3 is 12.0 Å². The number of amides is 4. The largest absolute Gasteiger partial charge is 0.478 e. The first kappa shape index (κ1) is 22.3. The van der Waals surface area contributed by atoms with E-state index in [0.717, 1.165) is 15.3 Å². The van der Waals surface area contributed by atoms with Gasteiger partial charge < -0.3 is 15.7 Å². The molecule has 0 radical (unpaired) electrons. The van der Waals surface area contributed by atoms with Crippen molar-refractivity contribution in [3.05, 3.63) is 81.8 Å². The number of hydrogen-bond acceptors (Lipinski definition) is 5. The lowest BCUT2D eigenvalue weighted by molar-refractivity contribution is -0.127. The summed E-state index contributed by atoms with van der Waals surface area (Å²) in [6, 6.07) is 15.8. The minimum atomic E-state index is -1.000. The van der Waals surface area contributed by atoms with E-state index in [1.807, 2.05) is 6.07 Å². The Kier molecular flexibility index (Phi) is 6.25. The van der Waals surface area contributed by atoms with Crippen LogP contribution < -0.4 is 10.6 Å². The number of urea groups is 1. The second-order valence-electron chi connectivity index (χ2n) is 7.02. The topological polar surface area (TPSA) is 116 Å². The molecule has 1 saturated heterocycles. The number of aromatic carboxylic acids is 1. The average molecular weight is 482 g/mol. The van der Waals surface area contributed by atoms with Crippen molar-refractivity contribution >= 4 is 58.5 Å². The average Bonchev–Trinajstić information content (AvgIpc) is 3.36. The molecule has 0 saturated carbocycles. The Balaban J connectivity index is 1.43. The number of imide groups is 1. The van der Waals surface area contributed by atoms with Crippen molar-refractivity contribution in [1.82, 2.24) is 10.2 Å². The SMILES string of the molecule is O=C(CN1C(=O)N/C(=C\c2ccc(-c3ccc(C(=O)O)cc3)s2)C1=O)Nc1ccc(Cl)cc1. The number of carboxylic acid groups (broad SMARTS) is 1. The van der Waals surface area contributed by atoms with Gasteiger partial charge in [0.2, 0.25) is 5.91 Å². The molecule has 0 atom stereocenters. The maximum atomic E-state index is 12.7. The molecule has 1 aliphatic heterocycles. The molecule has 3 aromatic rings. The Bertz CT molecular complexity index is 1280. The van der Waals surface area contributed by atoms with Crippen LogP contribution >= 0.6 is 22.9 Å². The first-order valence-corrected chi connectivity index (χ1v) is 10.8. The fourth-order valence-corrected chi connectivity index (χ4v) is 4.18. The van der Waals surface area contributed by atoms with Crippen LogP contribution in [0.5, 0.6) is 0 Å². The van der Waals surface area contributed by atoms with E-state index in [-0.39, 0.29) is 11.3 Å². The van der Waals surface area contributed by atoms with Crippen LogP contribution in [0.15, 0.2) is 66.4 Å². The van der Waals surface area contributed by atoms with Gasteiger partial charge in [-0.05, 0) is 60.2 Å². The predicted octanol–water partition coefficient (Wildman–Crippen LogP) is 4.30. The van der Waals surface area contributed by atoms with Crippen LogP contribution in [0.3, 0.4) is 0 Å². The molecule has 0 aliphatic carbocycles. The van der Waals surface area contributed by atoms with E-state index in [9.17, 15) is 19.2 Å². The smallest absolute Gasteiger partial charge is 0.335 e. The summed E-state index contributed by atoms with van der Waals surface area (Å²) in [6.45, 7) is -0.434. The highest BCUT2D eigenvalue weighted by Gasteiger charge is 2.35. The molecule has 8 nitrogen and oxygen atoms in total. The molecule has 4 rings (SSSR count). The quantitative estimate of drug-likeness (QED) is 0.358. The van der Waals surface area contributed by atoms with Gasteiger partial charge in [0.25, 0.3) is 5.91 Å². The van der Waals surface area contributed by atoms with Gasteiger partial charge in [0.05, 0.1) is 5.56 Å². The summed E-state index contributed by atoms with van der Waals surface area (Å²) in [7, 11) is 0. The molecule has 1 aliphatic rings. The summed E-state index contributed by atoms with van der Waals surface area (Å²) in [5, 5.41) is 14.6. The van der Waals surface area contributed by atoms with Gasteiger partial charge in [-0.15, -0.1) is 11.3 Å². The molecule has 166 valence electrons. The Morgan fingerprint density at radius 2 is 1.73 bits per heavy atom. The fraction of sp³-hybridized carbons (Fsp3) is 0.0435. The number of carbonyl (C=O) groups is 4. The maximum absolute atomic E-state index is 12.7. The molecular formula is C23H16ClN3O5S. The molecule has 33 heavy (non-hydrogen) atoms. The van der Waals surface area contributed by atoms with Gasteiger partial charge in [0, 0.05) is 20.5 Å². The van der Waals surface area contributed by atoms with E-state index >= 15 is 0 Å². The number of anilines is 1. The molecule has 3 N–H and O–H groups in total. The van der Waals surface area contributed by atoms with Crippen molar-refractivity contribution in [2.75, 3.05) is 11.9 Å². The van der Waals surface area contributed by atoms with Gasteiger partial charge in [-0.3, -0.25) is 9.59 Å². The minimum Gasteiger partial charge on any atom is -0.478 e. The molecule has 4 amide bonds. The molecule has 0 unspecified atom stereocenters. The summed E-state index contributed by atoms with van der Waals surface area (Å²) >= 11 is 7.19. The highest BCUT2D eigenvalue weighted by molar-refractivity contribution is 7.16.